The van der Waals surface area contributed by atoms with E-state index in [1.807, 2.05) is 13.0 Å². The summed E-state index contributed by atoms with van der Waals surface area (Å²) in [7, 11) is 0. The molecule has 5 heteroatoms. The average molecular weight is 289 g/mol. The number of aliphatic carboxylic acids is 1. The van der Waals surface area contributed by atoms with Gasteiger partial charge in [0.1, 0.15) is 0 Å². The number of nitrogens with one attached hydrogen (secondary N) is 1. The molecule has 1 saturated heterocycles. The van der Waals surface area contributed by atoms with Crippen molar-refractivity contribution in [1.29, 1.82) is 0 Å². The second-order valence-corrected chi connectivity index (χ2v) is 5.13. The fraction of sp³-hybridized carbons (Fsp3) is 0.375. The Labute approximate surface area is 123 Å². The largest absolute Gasteiger partial charge is 0.478 e. The summed E-state index contributed by atoms with van der Waals surface area (Å²) in [4.78, 5) is 22.4. The molecule has 1 atom stereocenters. The van der Waals surface area contributed by atoms with Crippen LogP contribution in [0.2, 0.25) is 0 Å². The maximum absolute atomic E-state index is 11.9. The first-order chi connectivity index (χ1) is 10.0. The predicted molar refractivity (Wildman–Crippen MR) is 80.1 cm³/mol. The minimum atomic E-state index is -0.985. The Hall–Kier alpha value is -2.14. The normalized spacial score (nSPS) is 18.0. The van der Waals surface area contributed by atoms with Crippen LogP contribution in [0.3, 0.4) is 0 Å². The topological polar surface area (TPSA) is 75.6 Å². The molecule has 0 radical (unpaired) electrons. The van der Waals surface area contributed by atoms with Gasteiger partial charge in [0, 0.05) is 18.4 Å². The van der Waals surface area contributed by atoms with Crippen LogP contribution in [0.4, 0.5) is 5.69 Å². The van der Waals surface area contributed by atoms with Crippen LogP contribution in [0.25, 0.3) is 6.08 Å². The number of ether oxygens (including phenoxy) is 1. The fourth-order valence-corrected chi connectivity index (χ4v) is 2.31. The van der Waals surface area contributed by atoms with Crippen LogP contribution in [0, 0.1) is 6.92 Å². The van der Waals surface area contributed by atoms with Crippen LogP contribution in [0.5, 0.6) is 0 Å². The second-order valence-electron chi connectivity index (χ2n) is 5.13. The number of amides is 1. The third kappa shape index (κ3) is 4.72. The van der Waals surface area contributed by atoms with Crippen LogP contribution in [0.15, 0.2) is 24.3 Å². The van der Waals surface area contributed by atoms with Crippen molar-refractivity contribution in [3.8, 4) is 0 Å². The highest BCUT2D eigenvalue weighted by Gasteiger charge is 2.19. The van der Waals surface area contributed by atoms with Crippen molar-refractivity contribution >= 4 is 23.6 Å². The average Bonchev–Trinajstić information content (AvgIpc) is 2.92. The summed E-state index contributed by atoms with van der Waals surface area (Å²) in [6.07, 6.45) is 4.97. The number of carbonyl (C=O) groups excluding carboxylic acids is 1. The Morgan fingerprint density at radius 2 is 2.29 bits per heavy atom. The van der Waals surface area contributed by atoms with E-state index in [0.29, 0.717) is 6.42 Å². The Morgan fingerprint density at radius 1 is 1.48 bits per heavy atom. The van der Waals surface area contributed by atoms with Crippen LogP contribution >= 0.6 is 0 Å². The zero-order chi connectivity index (χ0) is 15.2. The standard InChI is InChI=1S/C16H19NO4/c1-11-9-12(5-7-16(19)20)4-6-14(11)17-15(18)10-13-3-2-8-21-13/h4-7,9,13H,2-3,8,10H2,1H3,(H,17,18)(H,19,20). The van der Waals surface area contributed by atoms with Gasteiger partial charge in [-0.3, -0.25) is 4.79 Å². The molecule has 1 fully saturated rings. The van der Waals surface area contributed by atoms with Crippen molar-refractivity contribution in [1.82, 2.24) is 0 Å². The molecular weight excluding hydrogens is 270 g/mol. The third-order valence-electron chi connectivity index (χ3n) is 3.38. The van der Waals surface area contributed by atoms with Crippen molar-refractivity contribution in [2.75, 3.05) is 11.9 Å². The van der Waals surface area contributed by atoms with Crippen LogP contribution in [-0.2, 0) is 14.3 Å². The molecule has 2 N–H and O–H groups in total. The molecule has 0 spiro atoms. The van der Waals surface area contributed by atoms with Gasteiger partial charge in [0.25, 0.3) is 0 Å². The van der Waals surface area contributed by atoms with Crippen molar-refractivity contribution in [3.05, 3.63) is 35.4 Å². The smallest absolute Gasteiger partial charge is 0.328 e. The second kappa shape index (κ2) is 7.04. The summed E-state index contributed by atoms with van der Waals surface area (Å²) in [5.74, 6) is -1.04. The molecule has 1 aliphatic heterocycles. The number of carboxylic acids is 1. The van der Waals surface area contributed by atoms with Crippen LogP contribution < -0.4 is 5.32 Å². The number of anilines is 1. The van der Waals surface area contributed by atoms with Crippen molar-refractivity contribution in [3.63, 3.8) is 0 Å². The van der Waals surface area contributed by atoms with E-state index in [9.17, 15) is 9.59 Å². The van der Waals surface area contributed by atoms with Gasteiger partial charge in [0.05, 0.1) is 12.5 Å². The van der Waals surface area contributed by atoms with E-state index in [1.165, 1.54) is 6.08 Å². The van der Waals surface area contributed by atoms with Gasteiger partial charge in [-0.15, -0.1) is 0 Å². The minimum Gasteiger partial charge on any atom is -0.478 e. The molecule has 0 bridgehead atoms. The first kappa shape index (κ1) is 15.3. The first-order valence-electron chi connectivity index (χ1n) is 6.97. The minimum absolute atomic E-state index is 0.0306. The van der Waals surface area contributed by atoms with E-state index >= 15 is 0 Å². The van der Waals surface area contributed by atoms with E-state index in [1.54, 1.807) is 12.1 Å². The Balaban J connectivity index is 1.96. The van der Waals surface area contributed by atoms with Crippen molar-refractivity contribution in [2.45, 2.75) is 32.3 Å². The molecule has 1 aromatic rings. The van der Waals surface area contributed by atoms with E-state index in [2.05, 4.69) is 5.32 Å². The maximum Gasteiger partial charge on any atom is 0.328 e. The molecule has 1 aliphatic rings. The van der Waals surface area contributed by atoms with E-state index in [4.69, 9.17) is 9.84 Å². The molecule has 1 aromatic carbocycles. The first-order valence-corrected chi connectivity index (χ1v) is 6.97. The summed E-state index contributed by atoms with van der Waals surface area (Å²) in [6, 6.07) is 5.39. The van der Waals surface area contributed by atoms with Gasteiger partial charge in [-0.1, -0.05) is 6.07 Å². The van der Waals surface area contributed by atoms with E-state index in [-0.39, 0.29) is 12.0 Å². The molecular formula is C16H19NO4. The van der Waals surface area contributed by atoms with Crippen LogP contribution in [-0.4, -0.2) is 29.7 Å². The van der Waals surface area contributed by atoms with Gasteiger partial charge >= 0.3 is 5.97 Å². The summed E-state index contributed by atoms with van der Waals surface area (Å²) in [5, 5.41) is 11.5. The van der Waals surface area contributed by atoms with Gasteiger partial charge in [-0.25, -0.2) is 4.79 Å². The molecule has 5 nitrogen and oxygen atoms in total. The predicted octanol–water partition coefficient (Wildman–Crippen LogP) is 2.60. The third-order valence-corrected chi connectivity index (χ3v) is 3.38. The van der Waals surface area contributed by atoms with Crippen molar-refractivity contribution in [2.24, 2.45) is 0 Å². The SMILES string of the molecule is Cc1cc(C=CC(=O)O)ccc1NC(=O)CC1CCCO1. The zero-order valence-electron chi connectivity index (χ0n) is 12.0. The molecule has 1 heterocycles. The highest BCUT2D eigenvalue weighted by atomic mass is 16.5. The summed E-state index contributed by atoms with van der Waals surface area (Å²) in [5.41, 5.74) is 2.42. The summed E-state index contributed by atoms with van der Waals surface area (Å²) < 4.78 is 5.44. The quantitative estimate of drug-likeness (QED) is 0.817. The lowest BCUT2D eigenvalue weighted by atomic mass is 10.1. The Bertz CT molecular complexity index is 559. The molecule has 0 saturated carbocycles. The lowest BCUT2D eigenvalue weighted by Crippen LogP contribution is -2.19. The number of carbonyl (C=O) groups is 2. The van der Waals surface area contributed by atoms with E-state index < -0.39 is 5.97 Å². The monoisotopic (exact) mass is 289 g/mol. The Morgan fingerprint density at radius 3 is 2.90 bits per heavy atom. The number of benzene rings is 1. The number of hydrogen-bond acceptors (Lipinski definition) is 3. The highest BCUT2D eigenvalue weighted by Crippen LogP contribution is 2.20. The van der Waals surface area contributed by atoms with Gasteiger partial charge in [0.2, 0.25) is 5.91 Å². The van der Waals surface area contributed by atoms with Crippen LogP contribution in [0.1, 0.15) is 30.4 Å². The number of aryl methyl sites for hydroxylation is 1. The lowest BCUT2D eigenvalue weighted by molar-refractivity contribution is -0.131. The molecule has 1 amide bonds. The maximum atomic E-state index is 11.9. The molecule has 0 aliphatic carbocycles. The van der Waals surface area contributed by atoms with Gasteiger partial charge in [-0.05, 0) is 49.1 Å². The molecule has 1 unspecified atom stereocenters. The Kier molecular flexibility index (Phi) is 5.11. The number of carboxylic acid groups (broad SMARTS) is 1. The fourth-order valence-electron chi connectivity index (χ4n) is 2.31. The summed E-state index contributed by atoms with van der Waals surface area (Å²) >= 11 is 0. The van der Waals surface area contributed by atoms with Gasteiger partial charge in [-0.2, -0.15) is 0 Å². The molecule has 21 heavy (non-hydrogen) atoms. The molecule has 0 aromatic heterocycles. The molecule has 112 valence electrons. The highest BCUT2D eigenvalue weighted by molar-refractivity contribution is 5.92. The lowest BCUT2D eigenvalue weighted by Gasteiger charge is -2.12. The van der Waals surface area contributed by atoms with Crippen molar-refractivity contribution < 1.29 is 19.4 Å². The van der Waals surface area contributed by atoms with Gasteiger partial charge in [0.15, 0.2) is 0 Å². The summed E-state index contributed by atoms with van der Waals surface area (Å²) in [6.45, 7) is 2.61. The van der Waals surface area contributed by atoms with Gasteiger partial charge < -0.3 is 15.2 Å². The number of hydrogen-bond donors (Lipinski definition) is 2. The van der Waals surface area contributed by atoms with E-state index in [0.717, 1.165) is 42.3 Å². The molecule has 2 rings (SSSR count). The number of rotatable bonds is 5. The zero-order valence-corrected chi connectivity index (χ0v) is 12.0.